The maximum absolute atomic E-state index is 11.0. The summed E-state index contributed by atoms with van der Waals surface area (Å²) in [5, 5.41) is 0. The minimum atomic E-state index is -0.225. The number of nitrogens with zero attached hydrogens (tertiary/aromatic N) is 1. The van der Waals surface area contributed by atoms with Gasteiger partial charge in [-0.05, 0) is 18.9 Å². The molecular formula is C8H10N2O. The van der Waals surface area contributed by atoms with Gasteiger partial charge in [-0.2, -0.15) is 0 Å². The molecule has 0 saturated carbocycles. The number of rotatable bonds is 1. The number of nitrogens with two attached hydrogens (primary N) is 1. The Kier molecular flexibility index (Phi) is 2.01. The van der Waals surface area contributed by atoms with Gasteiger partial charge in [0.15, 0.2) is 0 Å². The molecule has 0 amide bonds. The highest BCUT2D eigenvalue weighted by atomic mass is 16.1. The molecule has 1 aromatic carbocycles. The average Bonchev–Trinajstić information content (AvgIpc) is 2.16. The quantitative estimate of drug-likeness (QED) is 0.611. The summed E-state index contributed by atoms with van der Waals surface area (Å²) >= 11 is 0. The minimum absolute atomic E-state index is 0. The van der Waals surface area contributed by atoms with Gasteiger partial charge < -0.3 is 5.73 Å². The Morgan fingerprint density at radius 1 is 1.45 bits per heavy atom. The van der Waals surface area contributed by atoms with Crippen LogP contribution in [0, 0.1) is 0 Å². The van der Waals surface area contributed by atoms with E-state index in [1.54, 1.807) is 18.2 Å². The van der Waals surface area contributed by atoms with Crippen LogP contribution >= 0.6 is 0 Å². The molecule has 0 aliphatic rings. The van der Waals surface area contributed by atoms with E-state index in [0.717, 1.165) is 0 Å². The van der Waals surface area contributed by atoms with Gasteiger partial charge in [-0.15, -0.1) is 0 Å². The third kappa shape index (κ3) is 1.43. The third-order valence-corrected chi connectivity index (χ3v) is 1.32. The van der Waals surface area contributed by atoms with Gasteiger partial charge in [-0.25, -0.2) is 0 Å². The van der Waals surface area contributed by atoms with E-state index < -0.39 is 0 Å². The summed E-state index contributed by atoms with van der Waals surface area (Å²) in [4.78, 5) is 14.6. The maximum atomic E-state index is 11.0. The van der Waals surface area contributed by atoms with Gasteiger partial charge in [-0.3, -0.25) is 9.79 Å². The summed E-state index contributed by atoms with van der Waals surface area (Å²) in [7, 11) is 0. The molecule has 0 atom stereocenters. The zero-order valence-electron chi connectivity index (χ0n) is 5.95. The van der Waals surface area contributed by atoms with Gasteiger partial charge in [0, 0.05) is 1.43 Å². The molecule has 1 rings (SSSR count). The first-order valence-electron chi connectivity index (χ1n) is 3.11. The van der Waals surface area contributed by atoms with Crippen LogP contribution in [-0.2, 0) is 0 Å². The monoisotopic (exact) mass is 150 g/mol. The van der Waals surface area contributed by atoms with Crippen molar-refractivity contribution in [1.29, 1.82) is 0 Å². The van der Waals surface area contributed by atoms with Crippen LogP contribution in [0.3, 0.4) is 0 Å². The Labute approximate surface area is 65.7 Å². The predicted molar refractivity (Wildman–Crippen MR) is 48.4 cm³/mol. The second-order valence-corrected chi connectivity index (χ2v) is 2.04. The Bertz CT molecular complexity index is 338. The lowest BCUT2D eigenvalue weighted by Gasteiger charge is -1.88. The number of hydrogen-bond donors (Lipinski definition) is 1. The van der Waals surface area contributed by atoms with Gasteiger partial charge in [0.1, 0.15) is 5.69 Å². The maximum Gasteiger partial charge on any atom is 0.203 e. The van der Waals surface area contributed by atoms with E-state index in [1.807, 2.05) is 0 Å². The Morgan fingerprint density at radius 3 is 2.73 bits per heavy atom. The molecule has 0 aliphatic carbocycles. The summed E-state index contributed by atoms with van der Waals surface area (Å²) in [5.74, 6) is 0. The first-order chi connectivity index (χ1) is 5.25. The molecule has 1 aromatic rings. The van der Waals surface area contributed by atoms with E-state index in [9.17, 15) is 4.79 Å². The number of aliphatic imine (C=N–C) groups is 1. The highest BCUT2D eigenvalue weighted by Gasteiger charge is 1.95. The fraction of sp³-hybridized carbons (Fsp3) is 0. The van der Waals surface area contributed by atoms with E-state index in [-0.39, 0.29) is 12.5 Å². The fourth-order valence-electron chi connectivity index (χ4n) is 0.733. The molecule has 0 aromatic heterocycles. The van der Waals surface area contributed by atoms with Crippen LogP contribution in [0.2, 0.25) is 0 Å². The van der Waals surface area contributed by atoms with Crippen molar-refractivity contribution < 1.29 is 1.43 Å². The van der Waals surface area contributed by atoms with Crippen LogP contribution in [0.1, 0.15) is 1.43 Å². The van der Waals surface area contributed by atoms with E-state index in [1.165, 1.54) is 6.07 Å². The van der Waals surface area contributed by atoms with Crippen LogP contribution in [0.5, 0.6) is 0 Å². The Morgan fingerprint density at radius 2 is 2.09 bits per heavy atom. The standard InChI is InChI=1S/C8H8N2O.H2/c1-10-6-4-2-3-5-7(11)8(6)9;/h2-5H,1H2,(H2,9,11);1H. The van der Waals surface area contributed by atoms with Crippen molar-refractivity contribution in [2.24, 2.45) is 4.99 Å². The van der Waals surface area contributed by atoms with Crippen molar-refractivity contribution in [3.63, 3.8) is 0 Å². The van der Waals surface area contributed by atoms with Crippen LogP contribution < -0.4 is 11.2 Å². The normalized spacial score (nSPS) is 9.09. The van der Waals surface area contributed by atoms with E-state index in [2.05, 4.69) is 11.7 Å². The molecule has 58 valence electrons. The Balaban J connectivity index is 0.00000121. The molecule has 3 heteroatoms. The fourth-order valence-corrected chi connectivity index (χ4v) is 0.733. The average molecular weight is 150 g/mol. The molecule has 0 heterocycles. The van der Waals surface area contributed by atoms with Gasteiger partial charge in [0.25, 0.3) is 0 Å². The minimum Gasteiger partial charge on any atom is -0.394 e. The lowest BCUT2D eigenvalue weighted by Crippen LogP contribution is -2.02. The van der Waals surface area contributed by atoms with Crippen LogP contribution in [0.25, 0.3) is 0 Å². The largest absolute Gasteiger partial charge is 0.394 e. The first-order valence-corrected chi connectivity index (χ1v) is 3.11. The molecule has 0 spiro atoms. The molecule has 0 saturated heterocycles. The van der Waals surface area contributed by atoms with Crippen molar-refractivity contribution in [1.82, 2.24) is 0 Å². The zero-order valence-corrected chi connectivity index (χ0v) is 5.95. The zero-order chi connectivity index (χ0) is 8.27. The van der Waals surface area contributed by atoms with Crippen molar-refractivity contribution in [2.75, 3.05) is 5.73 Å². The van der Waals surface area contributed by atoms with Gasteiger partial charge >= 0.3 is 0 Å². The SMILES string of the molecule is C=Nc1ccccc(=O)c1N.[HH]. The van der Waals surface area contributed by atoms with Crippen LogP contribution in [-0.4, -0.2) is 6.72 Å². The summed E-state index contributed by atoms with van der Waals surface area (Å²) in [6.45, 7) is 3.29. The highest BCUT2D eigenvalue weighted by molar-refractivity contribution is 5.63. The molecule has 0 aliphatic heterocycles. The smallest absolute Gasteiger partial charge is 0.203 e. The number of anilines is 1. The van der Waals surface area contributed by atoms with Crippen molar-refractivity contribution in [2.45, 2.75) is 0 Å². The second kappa shape index (κ2) is 2.96. The lowest BCUT2D eigenvalue weighted by molar-refractivity contribution is 1.55. The summed E-state index contributed by atoms with van der Waals surface area (Å²) < 4.78 is 0. The number of hydrogen-bond acceptors (Lipinski definition) is 3. The highest BCUT2D eigenvalue weighted by Crippen LogP contribution is 2.13. The topological polar surface area (TPSA) is 55.5 Å². The summed E-state index contributed by atoms with van der Waals surface area (Å²) in [6.07, 6.45) is 0. The summed E-state index contributed by atoms with van der Waals surface area (Å²) in [6, 6.07) is 6.35. The van der Waals surface area contributed by atoms with Crippen LogP contribution in [0.15, 0.2) is 34.1 Å². The summed E-state index contributed by atoms with van der Waals surface area (Å²) in [5.41, 5.74) is 5.78. The van der Waals surface area contributed by atoms with E-state index >= 15 is 0 Å². The molecule has 11 heavy (non-hydrogen) atoms. The van der Waals surface area contributed by atoms with Gasteiger partial charge in [0.05, 0.1) is 5.69 Å². The van der Waals surface area contributed by atoms with E-state index in [0.29, 0.717) is 5.69 Å². The molecule has 0 fully saturated rings. The first kappa shape index (κ1) is 7.47. The van der Waals surface area contributed by atoms with E-state index in [4.69, 9.17) is 5.73 Å². The van der Waals surface area contributed by atoms with Gasteiger partial charge in [-0.1, -0.05) is 12.1 Å². The molecule has 0 radical (unpaired) electrons. The lowest BCUT2D eigenvalue weighted by atomic mass is 10.4. The molecular weight excluding hydrogens is 140 g/mol. The molecule has 3 nitrogen and oxygen atoms in total. The number of nitrogen functional groups attached to an aromatic ring is 1. The van der Waals surface area contributed by atoms with Gasteiger partial charge in [0.2, 0.25) is 5.43 Å². The molecule has 0 bridgehead atoms. The predicted octanol–water partition coefficient (Wildman–Crippen LogP) is 1.21. The van der Waals surface area contributed by atoms with Crippen molar-refractivity contribution in [3.05, 3.63) is 34.5 Å². The molecule has 0 unspecified atom stereocenters. The Hall–Kier alpha value is -1.64. The second-order valence-electron chi connectivity index (χ2n) is 2.04. The molecule has 2 N–H and O–H groups in total. The third-order valence-electron chi connectivity index (χ3n) is 1.32. The van der Waals surface area contributed by atoms with Crippen LogP contribution in [0.4, 0.5) is 11.4 Å². The van der Waals surface area contributed by atoms with Crippen molar-refractivity contribution in [3.8, 4) is 0 Å². The van der Waals surface area contributed by atoms with Crippen molar-refractivity contribution >= 4 is 18.1 Å².